The third kappa shape index (κ3) is 3.54. The summed E-state index contributed by atoms with van der Waals surface area (Å²) >= 11 is 11.9. The van der Waals surface area contributed by atoms with Crippen molar-refractivity contribution < 1.29 is 4.42 Å². The Morgan fingerprint density at radius 3 is 2.38 bits per heavy atom. The Labute approximate surface area is 131 Å². The van der Waals surface area contributed by atoms with E-state index in [-0.39, 0.29) is 0 Å². The van der Waals surface area contributed by atoms with Crippen LogP contribution in [0, 0.1) is 0 Å². The number of nitrogens with zero attached hydrogens (tertiary/aromatic N) is 2. The molecular formula is C15H11Cl2N3O. The monoisotopic (exact) mass is 319 g/mol. The number of nitrogens with one attached hydrogen (secondary N) is 1. The zero-order chi connectivity index (χ0) is 14.7. The molecule has 0 aliphatic carbocycles. The maximum atomic E-state index is 5.94. The molecule has 0 bridgehead atoms. The predicted octanol–water partition coefficient (Wildman–Crippen LogP) is 4.66. The summed E-state index contributed by atoms with van der Waals surface area (Å²) in [6.45, 7) is 0.399. The summed E-state index contributed by atoms with van der Waals surface area (Å²) < 4.78 is 5.60. The van der Waals surface area contributed by atoms with E-state index in [9.17, 15) is 0 Å². The average Bonchev–Trinajstić information content (AvgIpc) is 2.94. The molecule has 0 atom stereocenters. The molecule has 0 radical (unpaired) electrons. The summed E-state index contributed by atoms with van der Waals surface area (Å²) in [5, 5.41) is 12.3. The first-order valence-electron chi connectivity index (χ1n) is 6.28. The fraction of sp³-hybridized carbons (Fsp3) is 0.0667. The molecule has 2 aromatic carbocycles. The number of anilines is 1. The highest BCUT2D eigenvalue weighted by Gasteiger charge is 2.08. The smallest absolute Gasteiger partial charge is 0.247 e. The SMILES string of the molecule is Clc1cc(Cl)cc(NCc2nnc(-c3ccccc3)o2)c1. The molecule has 6 heteroatoms. The van der Waals surface area contributed by atoms with Gasteiger partial charge < -0.3 is 9.73 Å². The molecule has 3 aromatic rings. The van der Waals surface area contributed by atoms with Gasteiger partial charge in [0, 0.05) is 21.3 Å². The molecule has 0 amide bonds. The lowest BCUT2D eigenvalue weighted by molar-refractivity contribution is 0.515. The van der Waals surface area contributed by atoms with Gasteiger partial charge in [0.15, 0.2) is 0 Å². The van der Waals surface area contributed by atoms with Crippen molar-refractivity contribution in [2.75, 3.05) is 5.32 Å². The van der Waals surface area contributed by atoms with E-state index in [1.165, 1.54) is 0 Å². The van der Waals surface area contributed by atoms with Gasteiger partial charge in [0.1, 0.15) is 0 Å². The average molecular weight is 320 g/mol. The van der Waals surface area contributed by atoms with Crippen molar-refractivity contribution in [3.8, 4) is 11.5 Å². The maximum absolute atomic E-state index is 5.94. The molecule has 0 aliphatic rings. The van der Waals surface area contributed by atoms with E-state index in [1.807, 2.05) is 30.3 Å². The van der Waals surface area contributed by atoms with E-state index in [1.54, 1.807) is 18.2 Å². The van der Waals surface area contributed by atoms with Crippen LogP contribution in [0.15, 0.2) is 52.9 Å². The van der Waals surface area contributed by atoms with Crippen LogP contribution in [0.5, 0.6) is 0 Å². The van der Waals surface area contributed by atoms with Gasteiger partial charge in [0.05, 0.1) is 6.54 Å². The van der Waals surface area contributed by atoms with Crippen LogP contribution in [-0.2, 0) is 6.54 Å². The highest BCUT2D eigenvalue weighted by Crippen LogP contribution is 2.23. The highest BCUT2D eigenvalue weighted by atomic mass is 35.5. The van der Waals surface area contributed by atoms with Gasteiger partial charge in [-0.05, 0) is 30.3 Å². The first-order valence-corrected chi connectivity index (χ1v) is 7.04. The van der Waals surface area contributed by atoms with E-state index < -0.39 is 0 Å². The zero-order valence-electron chi connectivity index (χ0n) is 10.9. The molecule has 21 heavy (non-hydrogen) atoms. The molecular weight excluding hydrogens is 309 g/mol. The lowest BCUT2D eigenvalue weighted by Gasteiger charge is -2.04. The van der Waals surface area contributed by atoms with Gasteiger partial charge in [0.2, 0.25) is 11.8 Å². The maximum Gasteiger partial charge on any atom is 0.247 e. The van der Waals surface area contributed by atoms with E-state index in [4.69, 9.17) is 27.6 Å². The van der Waals surface area contributed by atoms with Crippen molar-refractivity contribution in [2.45, 2.75) is 6.54 Å². The Balaban J connectivity index is 1.70. The Kier molecular flexibility index (Phi) is 4.08. The number of hydrogen-bond donors (Lipinski definition) is 1. The Hall–Kier alpha value is -2.04. The third-order valence-corrected chi connectivity index (χ3v) is 3.23. The summed E-state index contributed by atoms with van der Waals surface area (Å²) in [6.07, 6.45) is 0. The number of halogens is 2. The van der Waals surface area contributed by atoms with Crippen molar-refractivity contribution in [3.05, 3.63) is 64.5 Å². The molecule has 0 saturated heterocycles. The number of rotatable bonds is 4. The second-order valence-corrected chi connectivity index (χ2v) is 5.25. The normalized spacial score (nSPS) is 10.6. The minimum Gasteiger partial charge on any atom is -0.419 e. The van der Waals surface area contributed by atoms with Gasteiger partial charge in [-0.3, -0.25) is 0 Å². The van der Waals surface area contributed by atoms with E-state index >= 15 is 0 Å². The van der Waals surface area contributed by atoms with E-state index in [2.05, 4.69) is 15.5 Å². The molecule has 1 N–H and O–H groups in total. The molecule has 106 valence electrons. The van der Waals surface area contributed by atoms with Crippen molar-refractivity contribution in [1.82, 2.24) is 10.2 Å². The summed E-state index contributed by atoms with van der Waals surface area (Å²) in [4.78, 5) is 0. The van der Waals surface area contributed by atoms with Gasteiger partial charge in [-0.25, -0.2) is 0 Å². The quantitative estimate of drug-likeness (QED) is 0.760. The van der Waals surface area contributed by atoms with E-state index in [0.29, 0.717) is 28.4 Å². The largest absolute Gasteiger partial charge is 0.419 e. The molecule has 0 saturated carbocycles. The van der Waals surface area contributed by atoms with Crippen molar-refractivity contribution in [2.24, 2.45) is 0 Å². The van der Waals surface area contributed by atoms with Gasteiger partial charge >= 0.3 is 0 Å². The fourth-order valence-electron chi connectivity index (χ4n) is 1.86. The molecule has 1 heterocycles. The predicted molar refractivity (Wildman–Crippen MR) is 83.5 cm³/mol. The van der Waals surface area contributed by atoms with Crippen LogP contribution in [0.2, 0.25) is 10.0 Å². The van der Waals surface area contributed by atoms with Crippen LogP contribution >= 0.6 is 23.2 Å². The van der Waals surface area contributed by atoms with Crippen LogP contribution in [0.4, 0.5) is 5.69 Å². The molecule has 0 spiro atoms. The van der Waals surface area contributed by atoms with Crippen LogP contribution in [0.25, 0.3) is 11.5 Å². The van der Waals surface area contributed by atoms with Gasteiger partial charge in [-0.15, -0.1) is 10.2 Å². The van der Waals surface area contributed by atoms with Crippen LogP contribution in [-0.4, -0.2) is 10.2 Å². The zero-order valence-corrected chi connectivity index (χ0v) is 12.4. The Morgan fingerprint density at radius 1 is 0.952 bits per heavy atom. The Morgan fingerprint density at radius 2 is 1.67 bits per heavy atom. The topological polar surface area (TPSA) is 51.0 Å². The second kappa shape index (κ2) is 6.16. The fourth-order valence-corrected chi connectivity index (χ4v) is 2.38. The van der Waals surface area contributed by atoms with Crippen LogP contribution in [0.1, 0.15) is 5.89 Å². The van der Waals surface area contributed by atoms with Crippen molar-refractivity contribution in [3.63, 3.8) is 0 Å². The van der Waals surface area contributed by atoms with Gasteiger partial charge in [-0.2, -0.15) is 0 Å². The third-order valence-electron chi connectivity index (χ3n) is 2.79. The summed E-state index contributed by atoms with van der Waals surface area (Å²) in [5.74, 6) is 0.987. The minimum absolute atomic E-state index is 0.399. The highest BCUT2D eigenvalue weighted by molar-refractivity contribution is 6.35. The summed E-state index contributed by atoms with van der Waals surface area (Å²) in [5.41, 5.74) is 1.69. The van der Waals surface area contributed by atoms with Crippen molar-refractivity contribution in [1.29, 1.82) is 0 Å². The van der Waals surface area contributed by atoms with E-state index in [0.717, 1.165) is 11.3 Å². The molecule has 0 aliphatic heterocycles. The van der Waals surface area contributed by atoms with Gasteiger partial charge in [0.25, 0.3) is 0 Å². The number of aromatic nitrogens is 2. The minimum atomic E-state index is 0.399. The standard InChI is InChI=1S/C15H11Cl2N3O/c16-11-6-12(17)8-13(7-11)18-9-14-19-20-15(21-14)10-4-2-1-3-5-10/h1-8,18H,9H2. The van der Waals surface area contributed by atoms with Crippen LogP contribution < -0.4 is 5.32 Å². The molecule has 4 nitrogen and oxygen atoms in total. The number of hydrogen-bond acceptors (Lipinski definition) is 4. The summed E-state index contributed by atoms with van der Waals surface area (Å²) in [7, 11) is 0. The molecule has 1 aromatic heterocycles. The van der Waals surface area contributed by atoms with Crippen molar-refractivity contribution >= 4 is 28.9 Å². The van der Waals surface area contributed by atoms with Crippen LogP contribution in [0.3, 0.4) is 0 Å². The molecule has 0 fully saturated rings. The Bertz CT molecular complexity index is 723. The lowest BCUT2D eigenvalue weighted by Crippen LogP contribution is -1.99. The second-order valence-electron chi connectivity index (χ2n) is 4.38. The molecule has 3 rings (SSSR count). The van der Waals surface area contributed by atoms with Gasteiger partial charge in [-0.1, -0.05) is 41.4 Å². The molecule has 0 unspecified atom stereocenters. The lowest BCUT2D eigenvalue weighted by atomic mass is 10.2. The first-order chi connectivity index (χ1) is 10.2. The number of benzene rings is 2. The summed E-state index contributed by atoms with van der Waals surface area (Å²) in [6, 6.07) is 14.9. The first kappa shape index (κ1) is 13.9.